The predicted molar refractivity (Wildman–Crippen MR) is 116 cm³/mol. The van der Waals surface area contributed by atoms with Crippen LogP contribution in [0.1, 0.15) is 49.7 Å². The summed E-state index contributed by atoms with van der Waals surface area (Å²) in [5.41, 5.74) is 3.86. The van der Waals surface area contributed by atoms with E-state index in [2.05, 4.69) is 27.9 Å². The van der Waals surface area contributed by atoms with Gasteiger partial charge in [-0.05, 0) is 57.1 Å². The molecule has 29 heavy (non-hydrogen) atoms. The number of benzene rings is 1. The van der Waals surface area contributed by atoms with Crippen LogP contribution in [-0.4, -0.2) is 38.9 Å². The van der Waals surface area contributed by atoms with Gasteiger partial charge in [-0.2, -0.15) is 0 Å². The second-order valence-corrected chi connectivity index (χ2v) is 8.07. The molecule has 1 amide bonds. The SMILES string of the molecule is Cc1nc2cc(NC(=O)CN(C)Cc3ccccn3)ccc2n1C1CCCCC1. The maximum Gasteiger partial charge on any atom is 0.238 e. The molecule has 0 unspecified atom stereocenters. The van der Waals surface area contributed by atoms with Crippen molar-refractivity contribution in [2.75, 3.05) is 18.9 Å². The highest BCUT2D eigenvalue weighted by atomic mass is 16.2. The Labute approximate surface area is 172 Å². The van der Waals surface area contributed by atoms with Crippen molar-refractivity contribution in [1.82, 2.24) is 19.4 Å². The fourth-order valence-electron chi connectivity index (χ4n) is 4.37. The normalized spacial score (nSPS) is 15.1. The maximum atomic E-state index is 12.5. The monoisotopic (exact) mass is 391 g/mol. The highest BCUT2D eigenvalue weighted by Gasteiger charge is 2.20. The molecule has 1 aliphatic rings. The predicted octanol–water partition coefficient (Wildman–Crippen LogP) is 4.32. The number of nitrogens with zero attached hydrogens (tertiary/aromatic N) is 4. The number of nitrogens with one attached hydrogen (secondary N) is 1. The van der Waals surface area contributed by atoms with E-state index < -0.39 is 0 Å². The van der Waals surface area contributed by atoms with Gasteiger partial charge < -0.3 is 9.88 Å². The van der Waals surface area contributed by atoms with Crippen LogP contribution in [0.25, 0.3) is 11.0 Å². The van der Waals surface area contributed by atoms with Crippen LogP contribution in [-0.2, 0) is 11.3 Å². The van der Waals surface area contributed by atoms with Crippen molar-refractivity contribution in [3.63, 3.8) is 0 Å². The Bertz CT molecular complexity index is 976. The summed E-state index contributed by atoms with van der Waals surface area (Å²) in [5.74, 6) is 1.02. The Morgan fingerprint density at radius 2 is 2.03 bits per heavy atom. The van der Waals surface area contributed by atoms with Gasteiger partial charge in [0, 0.05) is 24.5 Å². The van der Waals surface area contributed by atoms with E-state index in [1.165, 1.54) is 37.6 Å². The first-order chi connectivity index (χ1) is 14.1. The van der Waals surface area contributed by atoms with Gasteiger partial charge in [-0.25, -0.2) is 4.98 Å². The lowest BCUT2D eigenvalue weighted by atomic mass is 9.95. The molecule has 1 aliphatic carbocycles. The summed E-state index contributed by atoms with van der Waals surface area (Å²) in [7, 11) is 1.92. The molecule has 0 radical (unpaired) electrons. The number of carbonyl (C=O) groups excluding carboxylic acids is 1. The number of fused-ring (bicyclic) bond motifs is 1. The number of amides is 1. The van der Waals surface area contributed by atoms with Crippen molar-refractivity contribution in [3.8, 4) is 0 Å². The van der Waals surface area contributed by atoms with E-state index in [0.29, 0.717) is 19.1 Å². The number of hydrogen-bond donors (Lipinski definition) is 1. The lowest BCUT2D eigenvalue weighted by Gasteiger charge is -2.25. The zero-order valence-corrected chi connectivity index (χ0v) is 17.3. The van der Waals surface area contributed by atoms with Crippen LogP contribution in [0.5, 0.6) is 0 Å². The Kier molecular flexibility index (Phi) is 5.90. The smallest absolute Gasteiger partial charge is 0.238 e. The zero-order chi connectivity index (χ0) is 20.2. The Hall–Kier alpha value is -2.73. The van der Waals surface area contributed by atoms with Gasteiger partial charge in [-0.3, -0.25) is 14.7 Å². The zero-order valence-electron chi connectivity index (χ0n) is 17.3. The molecule has 152 valence electrons. The van der Waals surface area contributed by atoms with E-state index in [1.54, 1.807) is 6.20 Å². The molecule has 6 nitrogen and oxygen atoms in total. The Morgan fingerprint density at radius 3 is 2.79 bits per heavy atom. The number of aryl methyl sites for hydroxylation is 1. The van der Waals surface area contributed by atoms with Crippen molar-refractivity contribution >= 4 is 22.6 Å². The third-order valence-corrected chi connectivity index (χ3v) is 5.66. The van der Waals surface area contributed by atoms with Gasteiger partial charge in [0.2, 0.25) is 5.91 Å². The van der Waals surface area contributed by atoms with Gasteiger partial charge in [-0.15, -0.1) is 0 Å². The molecule has 2 aromatic heterocycles. The number of pyridine rings is 1. The minimum absolute atomic E-state index is 0.0359. The van der Waals surface area contributed by atoms with Crippen molar-refractivity contribution in [2.24, 2.45) is 0 Å². The van der Waals surface area contributed by atoms with Crippen molar-refractivity contribution in [2.45, 2.75) is 51.6 Å². The van der Waals surface area contributed by atoms with Gasteiger partial charge in [0.25, 0.3) is 0 Å². The molecule has 0 bridgehead atoms. The Morgan fingerprint density at radius 1 is 1.21 bits per heavy atom. The van der Waals surface area contributed by atoms with Gasteiger partial charge in [0.15, 0.2) is 0 Å². The fourth-order valence-corrected chi connectivity index (χ4v) is 4.37. The van der Waals surface area contributed by atoms with Crippen molar-refractivity contribution in [3.05, 3.63) is 54.1 Å². The topological polar surface area (TPSA) is 63.1 Å². The summed E-state index contributed by atoms with van der Waals surface area (Å²) < 4.78 is 2.39. The highest BCUT2D eigenvalue weighted by molar-refractivity contribution is 5.94. The number of rotatable bonds is 6. The van der Waals surface area contributed by atoms with E-state index in [1.807, 2.05) is 42.3 Å². The van der Waals surface area contributed by atoms with E-state index in [9.17, 15) is 4.79 Å². The highest BCUT2D eigenvalue weighted by Crippen LogP contribution is 2.33. The van der Waals surface area contributed by atoms with Crippen LogP contribution in [0.3, 0.4) is 0 Å². The molecule has 0 saturated heterocycles. The molecule has 0 aliphatic heterocycles. The van der Waals surface area contributed by atoms with Crippen LogP contribution in [0.2, 0.25) is 0 Å². The average molecular weight is 392 g/mol. The van der Waals surface area contributed by atoms with Gasteiger partial charge in [0.05, 0.1) is 23.3 Å². The lowest BCUT2D eigenvalue weighted by molar-refractivity contribution is -0.117. The molecule has 1 saturated carbocycles. The summed E-state index contributed by atoms with van der Waals surface area (Å²) >= 11 is 0. The number of likely N-dealkylation sites (N-methyl/N-ethyl adjacent to an activating group) is 1. The molecule has 0 spiro atoms. The van der Waals surface area contributed by atoms with Gasteiger partial charge >= 0.3 is 0 Å². The number of carbonyl (C=O) groups is 1. The van der Waals surface area contributed by atoms with Crippen LogP contribution >= 0.6 is 0 Å². The second kappa shape index (κ2) is 8.74. The minimum Gasteiger partial charge on any atom is -0.325 e. The molecule has 3 aromatic rings. The fraction of sp³-hybridized carbons (Fsp3) is 0.435. The van der Waals surface area contributed by atoms with Gasteiger partial charge in [0.1, 0.15) is 5.82 Å². The van der Waals surface area contributed by atoms with Crippen LogP contribution in [0.4, 0.5) is 5.69 Å². The standard InChI is InChI=1S/C23H29N5O/c1-17-25-21-14-18(11-12-22(21)28(17)20-9-4-3-5-10-20)26-23(29)16-27(2)15-19-8-6-7-13-24-19/h6-8,11-14,20H,3-5,9-10,15-16H2,1-2H3,(H,26,29). The molecule has 0 atom stereocenters. The first-order valence-corrected chi connectivity index (χ1v) is 10.5. The molecule has 1 aromatic carbocycles. The van der Waals surface area contributed by atoms with Crippen LogP contribution in [0.15, 0.2) is 42.6 Å². The summed E-state index contributed by atoms with van der Waals surface area (Å²) in [6, 6.07) is 12.4. The first-order valence-electron chi connectivity index (χ1n) is 10.5. The largest absolute Gasteiger partial charge is 0.325 e. The number of hydrogen-bond acceptors (Lipinski definition) is 4. The third-order valence-electron chi connectivity index (χ3n) is 5.66. The number of aromatic nitrogens is 3. The van der Waals surface area contributed by atoms with Crippen LogP contribution < -0.4 is 5.32 Å². The molecule has 1 fully saturated rings. The summed E-state index contributed by atoms with van der Waals surface area (Å²) in [6.45, 7) is 3.03. The molecule has 1 N–H and O–H groups in total. The maximum absolute atomic E-state index is 12.5. The summed E-state index contributed by atoms with van der Waals surface area (Å²) in [4.78, 5) is 23.5. The number of anilines is 1. The average Bonchev–Trinajstić information content (AvgIpc) is 3.04. The quantitative estimate of drug-likeness (QED) is 0.680. The van der Waals surface area contributed by atoms with Crippen molar-refractivity contribution in [1.29, 1.82) is 0 Å². The van der Waals surface area contributed by atoms with E-state index in [0.717, 1.165) is 22.7 Å². The molecule has 4 rings (SSSR count). The van der Waals surface area contributed by atoms with Crippen molar-refractivity contribution < 1.29 is 4.79 Å². The van der Waals surface area contributed by atoms with Gasteiger partial charge in [-0.1, -0.05) is 25.3 Å². The lowest BCUT2D eigenvalue weighted by Crippen LogP contribution is -2.30. The first kappa shape index (κ1) is 19.6. The Balaban J connectivity index is 1.42. The molecular formula is C23H29N5O. The summed E-state index contributed by atoms with van der Waals surface area (Å²) in [5, 5.41) is 3.01. The van der Waals surface area contributed by atoms with E-state index in [-0.39, 0.29) is 5.91 Å². The third kappa shape index (κ3) is 4.65. The molecular weight excluding hydrogens is 362 g/mol. The number of imidazole rings is 1. The molecule has 6 heteroatoms. The van der Waals surface area contributed by atoms with E-state index >= 15 is 0 Å². The van der Waals surface area contributed by atoms with Crippen LogP contribution in [0, 0.1) is 6.92 Å². The minimum atomic E-state index is -0.0359. The van der Waals surface area contributed by atoms with E-state index in [4.69, 9.17) is 4.98 Å². The summed E-state index contributed by atoms with van der Waals surface area (Å²) in [6.07, 6.45) is 8.16. The second-order valence-electron chi connectivity index (χ2n) is 8.07. The molecule has 2 heterocycles.